The summed E-state index contributed by atoms with van der Waals surface area (Å²) >= 11 is 0.933. The van der Waals surface area contributed by atoms with Crippen LogP contribution in [-0.2, 0) is 4.74 Å². The van der Waals surface area contributed by atoms with Crippen molar-refractivity contribution in [2.24, 2.45) is 5.73 Å². The fourth-order valence-electron chi connectivity index (χ4n) is 2.56. The summed E-state index contributed by atoms with van der Waals surface area (Å²) in [5, 5.41) is 0.128. The lowest BCUT2D eigenvalue weighted by Crippen LogP contribution is -2.50. The van der Waals surface area contributed by atoms with Crippen molar-refractivity contribution in [1.29, 1.82) is 0 Å². The second kappa shape index (κ2) is 6.19. The van der Waals surface area contributed by atoms with Gasteiger partial charge < -0.3 is 21.1 Å². The van der Waals surface area contributed by atoms with Crippen LogP contribution in [0, 0.1) is 0 Å². The number of nitrogens with two attached hydrogens (primary N) is 2. The number of nitrogens with zero attached hydrogens (tertiary/aromatic N) is 1. The lowest BCUT2D eigenvalue weighted by atomic mass is 9.91. The molecule has 2 amide bonds. The van der Waals surface area contributed by atoms with Gasteiger partial charge in [-0.25, -0.2) is 13.6 Å². The monoisotopic (exact) mass is 361 g/mol. The highest BCUT2D eigenvalue weighted by molar-refractivity contribution is 7.16. The fraction of sp³-hybridized carbons (Fsp3) is 0.600. The normalized spacial score (nSPS) is 20.7. The van der Waals surface area contributed by atoms with E-state index in [1.807, 2.05) is 0 Å². The second-order valence-corrected chi connectivity index (χ2v) is 7.91. The molecule has 4 N–H and O–H groups in total. The highest BCUT2D eigenvalue weighted by Gasteiger charge is 2.48. The van der Waals surface area contributed by atoms with Crippen LogP contribution in [0.2, 0.25) is 0 Å². The summed E-state index contributed by atoms with van der Waals surface area (Å²) in [7, 11) is 0. The van der Waals surface area contributed by atoms with E-state index < -0.39 is 36.0 Å². The van der Waals surface area contributed by atoms with E-state index in [1.165, 1.54) is 6.07 Å². The summed E-state index contributed by atoms with van der Waals surface area (Å²) in [5.74, 6) is -5.01. The number of thiophene rings is 1. The maximum absolute atomic E-state index is 14.5. The highest BCUT2D eigenvalue weighted by Crippen LogP contribution is 2.44. The minimum atomic E-state index is -3.15. The van der Waals surface area contributed by atoms with Gasteiger partial charge in [0.05, 0.1) is 23.0 Å². The summed E-state index contributed by atoms with van der Waals surface area (Å²) in [5.41, 5.74) is 10.2. The van der Waals surface area contributed by atoms with Crippen molar-refractivity contribution in [2.75, 3.05) is 18.8 Å². The molecule has 1 aromatic rings. The number of anilines is 1. The molecule has 0 aromatic carbocycles. The maximum atomic E-state index is 14.5. The summed E-state index contributed by atoms with van der Waals surface area (Å²) in [4.78, 5) is 24.5. The summed E-state index contributed by atoms with van der Waals surface area (Å²) in [6, 6.07) is 1.32. The van der Waals surface area contributed by atoms with Crippen molar-refractivity contribution in [2.45, 2.75) is 44.6 Å². The molecule has 1 atom stereocenters. The van der Waals surface area contributed by atoms with Crippen LogP contribution in [0.1, 0.15) is 48.3 Å². The Morgan fingerprint density at radius 1 is 1.42 bits per heavy atom. The Balaban J connectivity index is 2.16. The Labute approximate surface area is 142 Å². The molecule has 2 heterocycles. The van der Waals surface area contributed by atoms with E-state index in [1.54, 1.807) is 20.8 Å². The van der Waals surface area contributed by atoms with Crippen LogP contribution < -0.4 is 11.5 Å². The predicted molar refractivity (Wildman–Crippen MR) is 87.4 cm³/mol. The standard InChI is InChI=1S/C15H21F2N3O3S/c1-14(2,3)23-13(22)20-5-4-9(15(16,17)7-20)10-6-8(11(18)21)12(19)24-10/h6,9H,4-5,7,19H2,1-3H3,(H2,18,21)/t9-/m1/s1. The van der Waals surface area contributed by atoms with Crippen LogP contribution in [0.5, 0.6) is 0 Å². The first-order valence-corrected chi connectivity index (χ1v) is 8.27. The minimum Gasteiger partial charge on any atom is -0.444 e. The van der Waals surface area contributed by atoms with E-state index in [9.17, 15) is 18.4 Å². The van der Waals surface area contributed by atoms with Gasteiger partial charge in [-0.1, -0.05) is 0 Å². The molecular formula is C15H21F2N3O3S. The van der Waals surface area contributed by atoms with Crippen LogP contribution in [0.4, 0.5) is 18.6 Å². The van der Waals surface area contributed by atoms with E-state index in [0.29, 0.717) is 4.88 Å². The van der Waals surface area contributed by atoms with E-state index >= 15 is 0 Å². The number of hydrogen-bond donors (Lipinski definition) is 2. The minimum absolute atomic E-state index is 0.0460. The molecule has 9 heteroatoms. The van der Waals surface area contributed by atoms with Crippen LogP contribution >= 0.6 is 11.3 Å². The number of halogens is 2. The SMILES string of the molecule is CC(C)(C)OC(=O)N1CC[C@H](c2cc(C(N)=O)c(N)s2)C(F)(F)C1. The van der Waals surface area contributed by atoms with Crippen molar-refractivity contribution in [3.8, 4) is 0 Å². The summed E-state index contributed by atoms with van der Waals surface area (Å²) in [6.07, 6.45) is -0.714. The zero-order chi connectivity index (χ0) is 18.3. The van der Waals surface area contributed by atoms with Crippen LogP contribution in [-0.4, -0.2) is 41.5 Å². The quantitative estimate of drug-likeness (QED) is 0.846. The molecule has 134 valence electrons. The number of rotatable bonds is 2. The molecule has 0 saturated carbocycles. The number of likely N-dealkylation sites (tertiary alicyclic amines) is 1. The highest BCUT2D eigenvalue weighted by atomic mass is 32.1. The second-order valence-electron chi connectivity index (χ2n) is 6.80. The van der Waals surface area contributed by atoms with Gasteiger partial charge in [-0.15, -0.1) is 11.3 Å². The first-order valence-electron chi connectivity index (χ1n) is 7.45. The number of primary amides is 1. The molecule has 1 aromatic heterocycles. The van der Waals surface area contributed by atoms with E-state index in [-0.39, 0.29) is 23.5 Å². The molecule has 0 spiro atoms. The van der Waals surface area contributed by atoms with Gasteiger partial charge in [0.1, 0.15) is 5.60 Å². The van der Waals surface area contributed by atoms with Crippen molar-refractivity contribution >= 4 is 28.3 Å². The van der Waals surface area contributed by atoms with Crippen molar-refractivity contribution < 1.29 is 23.1 Å². The number of amides is 2. The third-order valence-electron chi connectivity index (χ3n) is 3.64. The topological polar surface area (TPSA) is 98.6 Å². The maximum Gasteiger partial charge on any atom is 0.410 e. The van der Waals surface area contributed by atoms with E-state index in [0.717, 1.165) is 16.2 Å². The van der Waals surface area contributed by atoms with E-state index in [4.69, 9.17) is 16.2 Å². The number of hydrogen-bond acceptors (Lipinski definition) is 5. The van der Waals surface area contributed by atoms with Gasteiger partial charge in [0.25, 0.3) is 11.8 Å². The Kier molecular flexibility index (Phi) is 4.76. The summed E-state index contributed by atoms with van der Waals surface area (Å²) in [6.45, 7) is 4.43. The zero-order valence-electron chi connectivity index (χ0n) is 13.8. The summed E-state index contributed by atoms with van der Waals surface area (Å²) < 4.78 is 34.2. The molecule has 1 aliphatic rings. The smallest absolute Gasteiger partial charge is 0.410 e. The number of carbonyl (C=O) groups excluding carboxylic acids is 2. The molecule has 24 heavy (non-hydrogen) atoms. The average molecular weight is 361 g/mol. The number of alkyl halides is 2. The lowest BCUT2D eigenvalue weighted by Gasteiger charge is -2.38. The van der Waals surface area contributed by atoms with Gasteiger partial charge in [-0.05, 0) is 33.3 Å². The van der Waals surface area contributed by atoms with Crippen LogP contribution in [0.3, 0.4) is 0 Å². The first kappa shape index (κ1) is 18.4. The van der Waals surface area contributed by atoms with Gasteiger partial charge in [0.2, 0.25) is 0 Å². The Morgan fingerprint density at radius 3 is 2.50 bits per heavy atom. The first-order chi connectivity index (χ1) is 10.9. The third-order valence-corrected chi connectivity index (χ3v) is 4.72. The number of piperidine rings is 1. The molecule has 0 unspecified atom stereocenters. The van der Waals surface area contributed by atoms with Gasteiger partial charge in [-0.2, -0.15) is 0 Å². The fourth-order valence-corrected chi connectivity index (χ4v) is 3.69. The number of nitrogen functional groups attached to an aromatic ring is 1. The number of carbonyl (C=O) groups is 2. The Hall–Kier alpha value is -1.90. The zero-order valence-corrected chi connectivity index (χ0v) is 14.6. The molecule has 2 rings (SSSR count). The van der Waals surface area contributed by atoms with Crippen LogP contribution in [0.25, 0.3) is 0 Å². The molecule has 0 aliphatic carbocycles. The number of ether oxygens (including phenoxy) is 1. The van der Waals surface area contributed by atoms with Gasteiger partial charge in [-0.3, -0.25) is 4.79 Å². The molecule has 1 aliphatic heterocycles. The molecule has 1 fully saturated rings. The Bertz CT molecular complexity index is 655. The van der Waals surface area contributed by atoms with Gasteiger partial charge >= 0.3 is 6.09 Å². The van der Waals surface area contributed by atoms with Crippen LogP contribution in [0.15, 0.2) is 6.07 Å². The van der Waals surface area contributed by atoms with E-state index in [2.05, 4.69) is 0 Å². The molecule has 0 radical (unpaired) electrons. The van der Waals surface area contributed by atoms with Crippen molar-refractivity contribution in [3.63, 3.8) is 0 Å². The lowest BCUT2D eigenvalue weighted by molar-refractivity contribution is -0.0840. The van der Waals surface area contributed by atoms with Gasteiger partial charge in [0, 0.05) is 11.4 Å². The largest absolute Gasteiger partial charge is 0.444 e. The third kappa shape index (κ3) is 3.95. The van der Waals surface area contributed by atoms with Crippen molar-refractivity contribution in [1.82, 2.24) is 4.90 Å². The predicted octanol–water partition coefficient (Wildman–Crippen LogP) is 2.79. The average Bonchev–Trinajstić information content (AvgIpc) is 2.77. The molecule has 0 bridgehead atoms. The molecule has 1 saturated heterocycles. The van der Waals surface area contributed by atoms with Crippen molar-refractivity contribution in [3.05, 3.63) is 16.5 Å². The molecular weight excluding hydrogens is 340 g/mol. The Morgan fingerprint density at radius 2 is 2.04 bits per heavy atom. The van der Waals surface area contributed by atoms with Gasteiger partial charge in [0.15, 0.2) is 0 Å². The molecule has 6 nitrogen and oxygen atoms in total.